The van der Waals surface area contributed by atoms with E-state index in [1.807, 2.05) is 30.3 Å². The number of anilines is 1. The van der Waals surface area contributed by atoms with Crippen molar-refractivity contribution < 1.29 is 4.74 Å². The molecule has 0 fully saturated rings. The van der Waals surface area contributed by atoms with Crippen LogP contribution < -0.4 is 10.1 Å². The van der Waals surface area contributed by atoms with Gasteiger partial charge in [-0.3, -0.25) is 0 Å². The normalized spacial score (nSPS) is 12.1. The van der Waals surface area contributed by atoms with Gasteiger partial charge in [-0.2, -0.15) is 0 Å². The minimum Gasteiger partial charge on any atom is -0.496 e. The fourth-order valence-corrected chi connectivity index (χ4v) is 3.01. The van der Waals surface area contributed by atoms with Gasteiger partial charge in [0.1, 0.15) is 5.75 Å². The average molecular weight is 375 g/mol. The Labute approximate surface area is 137 Å². The summed E-state index contributed by atoms with van der Waals surface area (Å²) in [7, 11) is 1.65. The molecule has 0 aliphatic heterocycles. The molecule has 5 heteroatoms. The van der Waals surface area contributed by atoms with E-state index in [1.54, 1.807) is 13.2 Å². The molecule has 1 unspecified atom stereocenters. The summed E-state index contributed by atoms with van der Waals surface area (Å²) in [6.45, 7) is 2.07. The Morgan fingerprint density at radius 1 is 1.10 bits per heavy atom. The predicted molar refractivity (Wildman–Crippen MR) is 89.2 cm³/mol. The molecule has 0 aliphatic carbocycles. The first-order valence-corrected chi connectivity index (χ1v) is 7.60. The van der Waals surface area contributed by atoms with Gasteiger partial charge in [-0.15, -0.1) is 0 Å². The molecule has 106 valence electrons. The monoisotopic (exact) mass is 373 g/mol. The van der Waals surface area contributed by atoms with Gasteiger partial charge in [-0.25, -0.2) is 0 Å². The van der Waals surface area contributed by atoms with E-state index in [-0.39, 0.29) is 6.04 Å². The Balaban J connectivity index is 2.19. The van der Waals surface area contributed by atoms with Gasteiger partial charge < -0.3 is 10.1 Å². The molecule has 0 amide bonds. The first kappa shape index (κ1) is 15.5. The summed E-state index contributed by atoms with van der Waals surface area (Å²) in [5.74, 6) is 0.812. The average Bonchev–Trinajstić information content (AvgIpc) is 2.37. The van der Waals surface area contributed by atoms with Gasteiger partial charge in [0.2, 0.25) is 0 Å². The number of halogens is 3. The highest BCUT2D eigenvalue weighted by atomic mass is 79.9. The lowest BCUT2D eigenvalue weighted by atomic mass is 10.1. The highest BCUT2D eigenvalue weighted by Crippen LogP contribution is 2.30. The van der Waals surface area contributed by atoms with Crippen molar-refractivity contribution in [1.82, 2.24) is 0 Å². The van der Waals surface area contributed by atoms with Crippen LogP contribution in [-0.4, -0.2) is 7.11 Å². The Bertz CT molecular complexity index is 599. The van der Waals surface area contributed by atoms with E-state index < -0.39 is 0 Å². The molecule has 20 heavy (non-hydrogen) atoms. The number of methoxy groups -OCH3 is 1. The molecule has 0 saturated heterocycles. The van der Waals surface area contributed by atoms with Crippen LogP contribution in [0, 0.1) is 0 Å². The van der Waals surface area contributed by atoms with E-state index in [4.69, 9.17) is 27.9 Å². The molecule has 2 rings (SSSR count). The van der Waals surface area contributed by atoms with Gasteiger partial charge in [-0.05, 0) is 58.7 Å². The molecule has 1 atom stereocenters. The van der Waals surface area contributed by atoms with E-state index in [1.165, 1.54) is 0 Å². The third-order valence-corrected chi connectivity index (χ3v) is 3.98. The molecule has 0 aliphatic rings. The van der Waals surface area contributed by atoms with Crippen LogP contribution in [0.2, 0.25) is 10.0 Å². The van der Waals surface area contributed by atoms with Gasteiger partial charge in [0, 0.05) is 21.8 Å². The van der Waals surface area contributed by atoms with Crippen molar-refractivity contribution in [3.63, 3.8) is 0 Å². The van der Waals surface area contributed by atoms with E-state index in [0.29, 0.717) is 10.0 Å². The number of nitrogens with one attached hydrogen (secondary N) is 1. The summed E-state index contributed by atoms with van der Waals surface area (Å²) < 4.78 is 6.15. The van der Waals surface area contributed by atoms with Crippen LogP contribution in [-0.2, 0) is 0 Å². The Hall–Kier alpha value is -0.900. The SMILES string of the molecule is COc1ccc(C(C)Nc2cc(Cl)cc(Cl)c2)cc1Br. The number of ether oxygens (including phenoxy) is 1. The van der Waals surface area contributed by atoms with E-state index >= 15 is 0 Å². The third-order valence-electron chi connectivity index (χ3n) is 2.92. The van der Waals surface area contributed by atoms with Crippen LogP contribution in [0.1, 0.15) is 18.5 Å². The zero-order valence-corrected chi connectivity index (χ0v) is 14.2. The first-order valence-electron chi connectivity index (χ1n) is 6.05. The molecule has 0 saturated carbocycles. The molecular weight excluding hydrogens is 361 g/mol. The van der Waals surface area contributed by atoms with Crippen LogP contribution >= 0.6 is 39.1 Å². The van der Waals surface area contributed by atoms with Crippen molar-refractivity contribution in [2.24, 2.45) is 0 Å². The quantitative estimate of drug-likeness (QED) is 0.715. The molecule has 0 radical (unpaired) electrons. The largest absolute Gasteiger partial charge is 0.496 e. The summed E-state index contributed by atoms with van der Waals surface area (Å²) in [6.07, 6.45) is 0. The summed E-state index contributed by atoms with van der Waals surface area (Å²) in [4.78, 5) is 0. The van der Waals surface area contributed by atoms with Crippen molar-refractivity contribution in [1.29, 1.82) is 0 Å². The maximum Gasteiger partial charge on any atom is 0.133 e. The van der Waals surface area contributed by atoms with Crippen LogP contribution in [0.15, 0.2) is 40.9 Å². The minimum atomic E-state index is 0.117. The molecule has 2 nitrogen and oxygen atoms in total. The van der Waals surface area contributed by atoms with Crippen LogP contribution in [0.3, 0.4) is 0 Å². The van der Waals surface area contributed by atoms with E-state index in [9.17, 15) is 0 Å². The smallest absolute Gasteiger partial charge is 0.133 e. The fraction of sp³-hybridized carbons (Fsp3) is 0.200. The summed E-state index contributed by atoms with van der Waals surface area (Å²) in [6, 6.07) is 11.5. The van der Waals surface area contributed by atoms with E-state index in [0.717, 1.165) is 21.5 Å². The van der Waals surface area contributed by atoms with Gasteiger partial charge >= 0.3 is 0 Å². The van der Waals surface area contributed by atoms with Gasteiger partial charge in [0.25, 0.3) is 0 Å². The molecule has 1 N–H and O–H groups in total. The maximum absolute atomic E-state index is 6.00. The third kappa shape index (κ3) is 3.81. The van der Waals surface area contributed by atoms with Crippen LogP contribution in [0.4, 0.5) is 5.69 Å². The van der Waals surface area contributed by atoms with Crippen molar-refractivity contribution >= 4 is 44.8 Å². The van der Waals surface area contributed by atoms with E-state index in [2.05, 4.69) is 28.2 Å². The van der Waals surface area contributed by atoms with Crippen molar-refractivity contribution in [3.8, 4) is 5.75 Å². The Morgan fingerprint density at radius 2 is 1.75 bits per heavy atom. The van der Waals surface area contributed by atoms with Crippen LogP contribution in [0.5, 0.6) is 5.75 Å². The number of hydrogen-bond acceptors (Lipinski definition) is 2. The summed E-state index contributed by atoms with van der Waals surface area (Å²) >= 11 is 15.5. The van der Waals surface area contributed by atoms with Crippen molar-refractivity contribution in [2.45, 2.75) is 13.0 Å². The highest BCUT2D eigenvalue weighted by Gasteiger charge is 2.09. The predicted octanol–water partition coefficient (Wildman–Crippen LogP) is 5.94. The fourth-order valence-electron chi connectivity index (χ4n) is 1.92. The van der Waals surface area contributed by atoms with Crippen molar-refractivity contribution in [2.75, 3.05) is 12.4 Å². The molecule has 0 spiro atoms. The second kappa shape index (κ2) is 6.70. The molecule has 0 aromatic heterocycles. The highest BCUT2D eigenvalue weighted by molar-refractivity contribution is 9.10. The van der Waals surface area contributed by atoms with Gasteiger partial charge in [-0.1, -0.05) is 29.3 Å². The number of rotatable bonds is 4. The lowest BCUT2D eigenvalue weighted by molar-refractivity contribution is 0.412. The standard InChI is InChI=1S/C15H14BrCl2NO/c1-9(10-3-4-15(20-2)14(16)5-10)19-13-7-11(17)6-12(18)8-13/h3-9,19H,1-2H3. The number of hydrogen-bond donors (Lipinski definition) is 1. The molecule has 0 bridgehead atoms. The van der Waals surface area contributed by atoms with Gasteiger partial charge in [0.15, 0.2) is 0 Å². The lowest BCUT2D eigenvalue weighted by Gasteiger charge is -2.17. The molecule has 2 aromatic rings. The number of benzene rings is 2. The summed E-state index contributed by atoms with van der Waals surface area (Å²) in [5, 5.41) is 4.60. The Morgan fingerprint density at radius 3 is 2.30 bits per heavy atom. The Kier molecular flexibility index (Phi) is 5.19. The molecule has 2 aromatic carbocycles. The minimum absolute atomic E-state index is 0.117. The summed E-state index contributed by atoms with van der Waals surface area (Å²) in [5.41, 5.74) is 2.02. The lowest BCUT2D eigenvalue weighted by Crippen LogP contribution is -2.06. The maximum atomic E-state index is 6.00. The van der Waals surface area contributed by atoms with Gasteiger partial charge in [0.05, 0.1) is 11.6 Å². The van der Waals surface area contributed by atoms with Crippen LogP contribution in [0.25, 0.3) is 0 Å². The zero-order valence-electron chi connectivity index (χ0n) is 11.1. The zero-order chi connectivity index (χ0) is 14.7. The van der Waals surface area contributed by atoms with Crippen molar-refractivity contribution in [3.05, 3.63) is 56.5 Å². The second-order valence-electron chi connectivity index (χ2n) is 4.42. The topological polar surface area (TPSA) is 21.3 Å². The molecule has 0 heterocycles. The molecular formula is C15H14BrCl2NO. The first-order chi connectivity index (χ1) is 9.49. The second-order valence-corrected chi connectivity index (χ2v) is 6.15.